The first kappa shape index (κ1) is 69.4. The molecule has 0 amide bonds. The van der Waals surface area contributed by atoms with Crippen LogP contribution in [0, 0.1) is 0 Å². The van der Waals surface area contributed by atoms with E-state index in [0.717, 1.165) is 0 Å². The molecule has 0 aromatic heterocycles. The molecule has 0 radical (unpaired) electrons. The Morgan fingerprint density at radius 1 is 1.00 bits per heavy atom. The third-order valence-corrected chi connectivity index (χ3v) is 0. The molecule has 0 atom stereocenters. The van der Waals surface area contributed by atoms with Crippen LogP contribution in [0.2, 0.25) is 0 Å². The van der Waals surface area contributed by atoms with E-state index in [1.54, 1.807) is 0 Å². The zero-order chi connectivity index (χ0) is 0. The maximum atomic E-state index is 0. The van der Waals surface area contributed by atoms with Crippen molar-refractivity contribution in [3.05, 3.63) is 0 Å². The monoisotopic (exact) mass is 193 g/mol. The Hall–Kier alpha value is 1.83. The van der Waals surface area contributed by atoms with Crippen molar-refractivity contribution in [2.45, 2.75) is 0 Å². The minimum absolute atomic E-state index is 0. The average molecular weight is 191 g/mol. The van der Waals surface area contributed by atoms with Crippen LogP contribution in [0.5, 0.6) is 0 Å². The van der Waals surface area contributed by atoms with Crippen LogP contribution in [0.25, 0.3) is 0 Å². The van der Waals surface area contributed by atoms with Crippen molar-refractivity contribution in [3.8, 4) is 0 Å². The molecule has 0 unspecified atom stereocenters. The van der Waals surface area contributed by atoms with Crippen LogP contribution >= 0.6 is 0 Å². The van der Waals surface area contributed by atoms with Gasteiger partial charge in [0, 0.05) is 21.1 Å². The number of rotatable bonds is 0. The summed E-state index contributed by atoms with van der Waals surface area (Å²) in [6, 6.07) is 0. The van der Waals surface area contributed by atoms with Gasteiger partial charge in [0.1, 0.15) is 0 Å². The van der Waals surface area contributed by atoms with Crippen molar-refractivity contribution in [3.63, 3.8) is 0 Å². The van der Waals surface area contributed by atoms with E-state index in [-0.39, 0.29) is 78.8 Å². The standard InChI is InChI=1S/Ca.Mo.H3N.2H2O.2H/h;;1H3;2*1H2;;/q+2;;;;;2*-1. The van der Waals surface area contributed by atoms with Gasteiger partial charge in [-0.2, -0.15) is 0 Å². The molecule has 0 aliphatic heterocycles. The molecule has 0 aliphatic rings. The molecule has 0 fully saturated rings. The smallest absolute Gasteiger partial charge is 1.00 e. The van der Waals surface area contributed by atoms with Crippen LogP contribution in [0.3, 0.4) is 0 Å². The summed E-state index contributed by atoms with van der Waals surface area (Å²) in [5.41, 5.74) is 0. The van der Waals surface area contributed by atoms with Gasteiger partial charge in [-0.1, -0.05) is 0 Å². The van der Waals surface area contributed by atoms with E-state index >= 15 is 0 Å². The van der Waals surface area contributed by atoms with Gasteiger partial charge in [-0.15, -0.1) is 0 Å². The van der Waals surface area contributed by atoms with Crippen LogP contribution in [0.4, 0.5) is 0 Å². The minimum Gasteiger partial charge on any atom is -1.00 e. The fraction of sp³-hybridized carbons (Fsp3) is 0. The van der Waals surface area contributed by atoms with Crippen LogP contribution < -0.4 is 6.15 Å². The Morgan fingerprint density at radius 3 is 1.00 bits per heavy atom. The maximum Gasteiger partial charge on any atom is 2.00 e. The van der Waals surface area contributed by atoms with Gasteiger partial charge in [0.25, 0.3) is 0 Å². The summed E-state index contributed by atoms with van der Waals surface area (Å²) in [5, 5.41) is 0. The van der Waals surface area contributed by atoms with Crippen molar-refractivity contribution in [2.24, 2.45) is 0 Å². The minimum atomic E-state index is 0. The molecule has 0 aromatic carbocycles. The first-order valence-electron chi connectivity index (χ1n) is 0. The van der Waals surface area contributed by atoms with E-state index in [4.69, 9.17) is 0 Å². The predicted molar refractivity (Wildman–Crippen MR) is 20.2 cm³/mol. The molecule has 0 spiro atoms. The molecule has 3 nitrogen and oxygen atoms in total. The van der Waals surface area contributed by atoms with Gasteiger partial charge >= 0.3 is 37.7 Å². The number of hydrogen-bond donors (Lipinski definition) is 1. The molecule has 0 saturated carbocycles. The van der Waals surface area contributed by atoms with Crippen molar-refractivity contribution < 1.29 is 34.9 Å². The molecular weight excluding hydrogens is 182 g/mol. The van der Waals surface area contributed by atoms with E-state index in [0.29, 0.717) is 0 Å². The summed E-state index contributed by atoms with van der Waals surface area (Å²) in [4.78, 5) is 0. The third-order valence-electron chi connectivity index (χ3n) is 0. The quantitative estimate of drug-likeness (QED) is 0.456. The van der Waals surface area contributed by atoms with Crippen LogP contribution in [-0.4, -0.2) is 48.7 Å². The van der Waals surface area contributed by atoms with Crippen molar-refractivity contribution in [1.29, 1.82) is 0 Å². The first-order chi connectivity index (χ1) is 0. The summed E-state index contributed by atoms with van der Waals surface area (Å²) in [6.07, 6.45) is 0. The van der Waals surface area contributed by atoms with E-state index in [2.05, 4.69) is 0 Å². The largest absolute Gasteiger partial charge is 2.00 e. The topological polar surface area (TPSA) is 98.0 Å². The summed E-state index contributed by atoms with van der Waals surface area (Å²) in [7, 11) is 0. The van der Waals surface area contributed by atoms with Gasteiger partial charge in [0.15, 0.2) is 0 Å². The van der Waals surface area contributed by atoms with Crippen LogP contribution in [0.15, 0.2) is 0 Å². The zero-order valence-electron chi connectivity index (χ0n) is 4.82. The number of hydrogen-bond acceptors (Lipinski definition) is 1. The van der Waals surface area contributed by atoms with Gasteiger partial charge < -0.3 is 20.0 Å². The fourth-order valence-electron chi connectivity index (χ4n) is 0. The van der Waals surface area contributed by atoms with Gasteiger partial charge in [-0.25, -0.2) is 0 Å². The molecule has 0 aromatic rings. The first-order valence-corrected chi connectivity index (χ1v) is 0. The molecule has 5 heavy (non-hydrogen) atoms. The van der Waals surface area contributed by atoms with Crippen molar-refractivity contribution in [2.75, 3.05) is 0 Å². The van der Waals surface area contributed by atoms with Gasteiger partial charge in [-0.05, 0) is 0 Å². The zero-order valence-corrected chi connectivity index (χ0v) is 7.04. The van der Waals surface area contributed by atoms with Gasteiger partial charge in [0.2, 0.25) is 0 Å². The Bertz CT molecular complexity index is 15.7. The Morgan fingerprint density at radius 2 is 1.00 bits per heavy atom. The maximum absolute atomic E-state index is 0. The Balaban J connectivity index is 0. The Kier molecular flexibility index (Phi) is 564. The summed E-state index contributed by atoms with van der Waals surface area (Å²) in [5.74, 6) is 0. The molecule has 5 heteroatoms. The van der Waals surface area contributed by atoms with Crippen LogP contribution in [0.1, 0.15) is 2.85 Å². The summed E-state index contributed by atoms with van der Waals surface area (Å²) >= 11 is 0. The molecule has 0 heterocycles. The second-order valence-corrected chi connectivity index (χ2v) is 0. The third kappa shape index (κ3) is 25.6. The summed E-state index contributed by atoms with van der Waals surface area (Å²) < 4.78 is 0. The average Bonchev–Trinajstić information content (AvgIpc) is 0. The summed E-state index contributed by atoms with van der Waals surface area (Å²) in [6.45, 7) is 0. The van der Waals surface area contributed by atoms with Crippen molar-refractivity contribution in [1.82, 2.24) is 6.15 Å². The normalized spacial score (nSPS) is 0. The molecule has 0 saturated heterocycles. The SMILES string of the molecule is N.O.O.[Ca+2].[H-].[H-].[Mo]. The van der Waals surface area contributed by atoms with Gasteiger partial charge in [0.05, 0.1) is 0 Å². The molecule has 7 N–H and O–H groups in total. The van der Waals surface area contributed by atoms with E-state index < -0.39 is 0 Å². The predicted octanol–water partition coefficient (Wildman–Crippen LogP) is -1.65. The second-order valence-electron chi connectivity index (χ2n) is 0. The second kappa shape index (κ2) is 40.7. The van der Waals surface area contributed by atoms with E-state index in [1.165, 1.54) is 0 Å². The fourth-order valence-corrected chi connectivity index (χ4v) is 0. The van der Waals surface area contributed by atoms with Gasteiger partial charge in [-0.3, -0.25) is 0 Å². The van der Waals surface area contributed by atoms with Crippen molar-refractivity contribution >= 4 is 37.7 Å². The molecular formula is H9CaMoNO2. The Labute approximate surface area is 77.9 Å². The molecule has 0 rings (SSSR count). The molecule has 34 valence electrons. The molecule has 0 bridgehead atoms. The molecule has 0 aliphatic carbocycles. The van der Waals surface area contributed by atoms with E-state index in [9.17, 15) is 0 Å². The van der Waals surface area contributed by atoms with E-state index in [1.807, 2.05) is 0 Å². The van der Waals surface area contributed by atoms with Crippen LogP contribution in [-0.2, 0) is 21.1 Å².